The summed E-state index contributed by atoms with van der Waals surface area (Å²) in [4.78, 5) is 0. The van der Waals surface area contributed by atoms with Crippen molar-refractivity contribution >= 4 is 0 Å². The van der Waals surface area contributed by atoms with Crippen molar-refractivity contribution in [2.24, 2.45) is 22.2 Å². The zero-order chi connectivity index (χ0) is 11.8. The summed E-state index contributed by atoms with van der Waals surface area (Å²) >= 11 is 0. The van der Waals surface area contributed by atoms with Crippen molar-refractivity contribution in [1.82, 2.24) is 0 Å². The van der Waals surface area contributed by atoms with Crippen LogP contribution in [-0.4, -0.2) is 11.2 Å². The Hall–Kier alpha value is -0.300. The smallest absolute Gasteiger partial charge is 0.0597 e. The summed E-state index contributed by atoms with van der Waals surface area (Å²) in [5, 5.41) is 10.3. The number of aliphatic hydroxyl groups excluding tert-OH is 1. The Labute approximate surface area is 98.9 Å². The Balaban J connectivity index is 2.11. The molecule has 0 aromatic carbocycles. The van der Waals surface area contributed by atoms with Crippen molar-refractivity contribution in [3.63, 3.8) is 0 Å². The third-order valence-corrected chi connectivity index (χ3v) is 6.41. The molecule has 4 unspecified atom stereocenters. The highest BCUT2D eigenvalue weighted by molar-refractivity contribution is 5.34. The van der Waals surface area contributed by atoms with Gasteiger partial charge in [0.25, 0.3) is 0 Å². The van der Waals surface area contributed by atoms with Gasteiger partial charge in [0, 0.05) is 0 Å². The molecule has 90 valence electrons. The van der Waals surface area contributed by atoms with Gasteiger partial charge in [-0.3, -0.25) is 0 Å². The summed E-state index contributed by atoms with van der Waals surface area (Å²) < 4.78 is 0. The molecule has 0 bridgehead atoms. The normalized spacial score (nSPS) is 53.7. The first-order valence-corrected chi connectivity index (χ1v) is 6.70. The van der Waals surface area contributed by atoms with Crippen LogP contribution in [0.2, 0.25) is 0 Å². The molecule has 4 atom stereocenters. The van der Waals surface area contributed by atoms with E-state index in [1.807, 2.05) is 0 Å². The van der Waals surface area contributed by atoms with E-state index >= 15 is 0 Å². The Morgan fingerprint density at radius 3 is 2.69 bits per heavy atom. The van der Waals surface area contributed by atoms with Crippen molar-refractivity contribution in [1.29, 1.82) is 0 Å². The summed E-state index contributed by atoms with van der Waals surface area (Å²) in [6.07, 6.45) is 7.10. The molecule has 1 nitrogen and oxygen atoms in total. The largest absolute Gasteiger partial charge is 0.393 e. The van der Waals surface area contributed by atoms with Crippen LogP contribution in [0.25, 0.3) is 0 Å². The molecule has 0 amide bonds. The van der Waals surface area contributed by atoms with E-state index in [1.165, 1.54) is 19.3 Å². The van der Waals surface area contributed by atoms with Gasteiger partial charge in [0.05, 0.1) is 6.10 Å². The molecule has 3 aliphatic carbocycles. The maximum Gasteiger partial charge on any atom is 0.0597 e. The monoisotopic (exact) mass is 220 g/mol. The van der Waals surface area contributed by atoms with Crippen LogP contribution in [0.5, 0.6) is 0 Å². The molecule has 2 saturated carbocycles. The summed E-state index contributed by atoms with van der Waals surface area (Å²) in [5.41, 5.74) is 2.52. The first-order valence-electron chi connectivity index (χ1n) is 6.70. The van der Waals surface area contributed by atoms with Gasteiger partial charge < -0.3 is 5.11 Å². The lowest BCUT2D eigenvalue weighted by atomic mass is 9.49. The first-order chi connectivity index (χ1) is 7.35. The highest BCUT2D eigenvalue weighted by atomic mass is 16.3. The van der Waals surface area contributed by atoms with Gasteiger partial charge in [0.15, 0.2) is 0 Å². The van der Waals surface area contributed by atoms with E-state index in [0.29, 0.717) is 10.8 Å². The molecule has 0 aromatic rings. The van der Waals surface area contributed by atoms with Gasteiger partial charge in [-0.1, -0.05) is 32.4 Å². The molecular weight excluding hydrogens is 196 g/mol. The molecule has 0 heterocycles. The summed E-state index contributed by atoms with van der Waals surface area (Å²) in [6.45, 7) is 9.35. The number of hydrogen-bond acceptors (Lipinski definition) is 1. The topological polar surface area (TPSA) is 20.2 Å². The molecule has 0 aliphatic heterocycles. The fourth-order valence-electron chi connectivity index (χ4n) is 5.12. The standard InChI is InChI=1S/C15H24O/c1-10-5-7-14(4)8-6-12(16)13(2,3)15(14)9-11(10)15/h5,11-12,16H,6-9H2,1-4H3. The average Bonchev–Trinajstić information content (AvgIpc) is 2.97. The van der Waals surface area contributed by atoms with Crippen LogP contribution < -0.4 is 0 Å². The van der Waals surface area contributed by atoms with Crippen LogP contribution in [0, 0.1) is 22.2 Å². The Morgan fingerprint density at radius 2 is 2.00 bits per heavy atom. The second-order valence-corrected chi connectivity index (χ2v) is 7.22. The first kappa shape index (κ1) is 10.8. The molecule has 3 aliphatic rings. The zero-order valence-corrected chi connectivity index (χ0v) is 11.0. The van der Waals surface area contributed by atoms with E-state index < -0.39 is 0 Å². The van der Waals surface area contributed by atoms with Gasteiger partial charge in [0.1, 0.15) is 0 Å². The minimum absolute atomic E-state index is 0.0974. The summed E-state index contributed by atoms with van der Waals surface area (Å²) in [6, 6.07) is 0. The molecular formula is C15H24O. The van der Waals surface area contributed by atoms with Crippen LogP contribution in [0.1, 0.15) is 53.4 Å². The number of allylic oxidation sites excluding steroid dienone is 2. The lowest BCUT2D eigenvalue weighted by molar-refractivity contribution is -0.119. The van der Waals surface area contributed by atoms with Gasteiger partial charge >= 0.3 is 0 Å². The minimum atomic E-state index is -0.100. The van der Waals surface area contributed by atoms with Gasteiger partial charge in [-0.15, -0.1) is 0 Å². The van der Waals surface area contributed by atoms with E-state index in [0.717, 1.165) is 12.3 Å². The molecule has 3 rings (SSSR count). The molecule has 2 fully saturated rings. The molecule has 0 aromatic heterocycles. The fourth-order valence-corrected chi connectivity index (χ4v) is 5.12. The maximum atomic E-state index is 10.3. The lowest BCUT2D eigenvalue weighted by Gasteiger charge is -2.56. The fraction of sp³-hybridized carbons (Fsp3) is 0.867. The van der Waals surface area contributed by atoms with E-state index in [-0.39, 0.29) is 11.5 Å². The van der Waals surface area contributed by atoms with E-state index in [2.05, 4.69) is 33.8 Å². The van der Waals surface area contributed by atoms with Gasteiger partial charge in [-0.2, -0.15) is 0 Å². The molecule has 1 N–H and O–H groups in total. The van der Waals surface area contributed by atoms with Crippen LogP contribution in [0.3, 0.4) is 0 Å². The Kier molecular flexibility index (Phi) is 1.86. The predicted molar refractivity (Wildman–Crippen MR) is 66.0 cm³/mol. The van der Waals surface area contributed by atoms with E-state index in [1.54, 1.807) is 5.57 Å². The van der Waals surface area contributed by atoms with Crippen LogP contribution in [0.15, 0.2) is 11.6 Å². The van der Waals surface area contributed by atoms with E-state index in [9.17, 15) is 5.11 Å². The highest BCUT2D eigenvalue weighted by Crippen LogP contribution is 2.80. The van der Waals surface area contributed by atoms with Gasteiger partial charge in [0.2, 0.25) is 0 Å². The number of rotatable bonds is 0. The molecule has 0 saturated heterocycles. The minimum Gasteiger partial charge on any atom is -0.393 e. The van der Waals surface area contributed by atoms with Crippen molar-refractivity contribution in [3.05, 3.63) is 11.6 Å². The van der Waals surface area contributed by atoms with Crippen molar-refractivity contribution < 1.29 is 5.11 Å². The van der Waals surface area contributed by atoms with Gasteiger partial charge in [-0.25, -0.2) is 0 Å². The van der Waals surface area contributed by atoms with Crippen molar-refractivity contribution in [3.8, 4) is 0 Å². The molecule has 16 heavy (non-hydrogen) atoms. The summed E-state index contributed by atoms with van der Waals surface area (Å²) in [7, 11) is 0. The number of aliphatic hydroxyl groups is 1. The van der Waals surface area contributed by atoms with Crippen LogP contribution in [0.4, 0.5) is 0 Å². The van der Waals surface area contributed by atoms with Crippen molar-refractivity contribution in [2.75, 3.05) is 0 Å². The Bertz CT molecular complexity index is 368. The van der Waals surface area contributed by atoms with Crippen LogP contribution in [-0.2, 0) is 0 Å². The Morgan fingerprint density at radius 1 is 1.31 bits per heavy atom. The highest BCUT2D eigenvalue weighted by Gasteiger charge is 2.74. The van der Waals surface area contributed by atoms with Gasteiger partial charge in [-0.05, 0) is 54.8 Å². The third kappa shape index (κ3) is 0.932. The predicted octanol–water partition coefficient (Wildman–Crippen LogP) is 3.53. The quantitative estimate of drug-likeness (QED) is 0.619. The second-order valence-electron chi connectivity index (χ2n) is 7.22. The lowest BCUT2D eigenvalue weighted by Crippen LogP contribution is -2.53. The SMILES string of the molecule is CC1=CCC2(C)CCC(O)C(C)(C)C23CC13. The van der Waals surface area contributed by atoms with Crippen molar-refractivity contribution in [2.45, 2.75) is 59.5 Å². The maximum absolute atomic E-state index is 10.3. The van der Waals surface area contributed by atoms with E-state index in [4.69, 9.17) is 0 Å². The molecule has 1 heteroatoms. The van der Waals surface area contributed by atoms with Crippen LogP contribution >= 0.6 is 0 Å². The third-order valence-electron chi connectivity index (χ3n) is 6.41. The molecule has 0 radical (unpaired) electrons. The summed E-state index contributed by atoms with van der Waals surface area (Å²) in [5.74, 6) is 0.760. The average molecular weight is 220 g/mol. The zero-order valence-electron chi connectivity index (χ0n) is 11.0. The second kappa shape index (κ2) is 2.75. The molecule has 1 spiro atoms. The number of hydrogen-bond donors (Lipinski definition) is 1.